The van der Waals surface area contributed by atoms with Gasteiger partial charge in [0.05, 0.1) is 5.69 Å². The van der Waals surface area contributed by atoms with E-state index in [1.165, 1.54) is 54.1 Å². The molecule has 0 atom stereocenters. The molecule has 106 valence electrons. The topological polar surface area (TPSA) is 24.9 Å². The summed E-state index contributed by atoms with van der Waals surface area (Å²) in [6, 6.07) is 0. The number of nitrogens with zero attached hydrogens (tertiary/aromatic N) is 1. The van der Waals surface area contributed by atoms with Crippen molar-refractivity contribution < 1.29 is 0 Å². The van der Waals surface area contributed by atoms with Crippen LogP contribution in [0.5, 0.6) is 0 Å². The number of rotatable bonds is 7. The molecule has 2 nitrogen and oxygen atoms in total. The van der Waals surface area contributed by atoms with E-state index in [1.54, 1.807) is 0 Å². The average Bonchev–Trinajstić information content (AvgIpc) is 2.99. The third-order valence-corrected chi connectivity index (χ3v) is 6.65. The van der Waals surface area contributed by atoms with Gasteiger partial charge in [0.1, 0.15) is 5.01 Å². The van der Waals surface area contributed by atoms with Gasteiger partial charge in [-0.15, -0.1) is 11.3 Å². The molecule has 0 aliphatic heterocycles. The molecule has 2 saturated carbocycles. The standard InChI is InChI=1S/C15H24N2S2/c1-2-16-9-13-15(11-7-8-11)17-14(19-13)10-18-12-5-3-4-6-12/h11-12,16H,2-10H2,1H3. The molecule has 19 heavy (non-hydrogen) atoms. The van der Waals surface area contributed by atoms with Crippen LogP contribution in [0, 0.1) is 0 Å². The van der Waals surface area contributed by atoms with Crippen LogP contribution in [0.1, 0.15) is 66.9 Å². The van der Waals surface area contributed by atoms with Gasteiger partial charge >= 0.3 is 0 Å². The molecular formula is C15H24N2S2. The SMILES string of the molecule is CCNCc1sc(CSC2CCCC2)nc1C1CC1. The van der Waals surface area contributed by atoms with E-state index in [-0.39, 0.29) is 0 Å². The molecule has 0 bridgehead atoms. The van der Waals surface area contributed by atoms with Crippen molar-refractivity contribution in [2.45, 2.75) is 68.9 Å². The monoisotopic (exact) mass is 296 g/mol. The molecule has 2 fully saturated rings. The maximum absolute atomic E-state index is 4.94. The summed E-state index contributed by atoms with van der Waals surface area (Å²) in [4.78, 5) is 6.45. The van der Waals surface area contributed by atoms with E-state index >= 15 is 0 Å². The summed E-state index contributed by atoms with van der Waals surface area (Å²) in [5.74, 6) is 1.93. The lowest BCUT2D eigenvalue weighted by atomic mass is 10.2. The summed E-state index contributed by atoms with van der Waals surface area (Å²) in [7, 11) is 0. The fourth-order valence-corrected chi connectivity index (χ4v) is 5.23. The average molecular weight is 297 g/mol. The van der Waals surface area contributed by atoms with E-state index in [4.69, 9.17) is 4.98 Å². The van der Waals surface area contributed by atoms with Crippen LogP contribution in [-0.2, 0) is 12.3 Å². The van der Waals surface area contributed by atoms with Crippen LogP contribution in [-0.4, -0.2) is 16.8 Å². The van der Waals surface area contributed by atoms with Gasteiger partial charge in [-0.3, -0.25) is 0 Å². The second kappa shape index (κ2) is 6.59. The van der Waals surface area contributed by atoms with Gasteiger partial charge in [0.25, 0.3) is 0 Å². The van der Waals surface area contributed by atoms with Crippen molar-refractivity contribution in [2.75, 3.05) is 6.54 Å². The first-order chi connectivity index (χ1) is 9.36. The summed E-state index contributed by atoms with van der Waals surface area (Å²) >= 11 is 4.10. The Balaban J connectivity index is 1.60. The molecule has 2 aliphatic rings. The summed E-state index contributed by atoms with van der Waals surface area (Å²) in [6.07, 6.45) is 8.45. The Labute approximate surface area is 124 Å². The minimum Gasteiger partial charge on any atom is -0.312 e. The van der Waals surface area contributed by atoms with Gasteiger partial charge in [-0.25, -0.2) is 4.98 Å². The van der Waals surface area contributed by atoms with Crippen LogP contribution >= 0.6 is 23.1 Å². The maximum Gasteiger partial charge on any atom is 0.103 e. The lowest BCUT2D eigenvalue weighted by Crippen LogP contribution is -2.11. The Kier molecular flexibility index (Phi) is 4.83. The van der Waals surface area contributed by atoms with Crippen molar-refractivity contribution in [3.8, 4) is 0 Å². The molecule has 1 aromatic rings. The zero-order valence-electron chi connectivity index (χ0n) is 11.8. The third kappa shape index (κ3) is 3.73. The van der Waals surface area contributed by atoms with Gasteiger partial charge < -0.3 is 5.32 Å². The van der Waals surface area contributed by atoms with E-state index in [0.717, 1.165) is 30.0 Å². The number of aromatic nitrogens is 1. The molecule has 0 aromatic carbocycles. The Morgan fingerprint density at radius 3 is 2.74 bits per heavy atom. The Morgan fingerprint density at radius 2 is 2.05 bits per heavy atom. The van der Waals surface area contributed by atoms with Gasteiger partial charge in [0, 0.05) is 28.3 Å². The molecule has 1 aromatic heterocycles. The van der Waals surface area contributed by atoms with Crippen LogP contribution in [0.25, 0.3) is 0 Å². The first-order valence-corrected chi connectivity index (χ1v) is 9.54. The predicted molar refractivity (Wildman–Crippen MR) is 85.0 cm³/mol. The van der Waals surface area contributed by atoms with Crippen molar-refractivity contribution in [1.82, 2.24) is 10.3 Å². The molecule has 1 N–H and O–H groups in total. The van der Waals surface area contributed by atoms with Crippen molar-refractivity contribution in [3.05, 3.63) is 15.6 Å². The van der Waals surface area contributed by atoms with Crippen LogP contribution in [0.3, 0.4) is 0 Å². The summed E-state index contributed by atoms with van der Waals surface area (Å²) in [5.41, 5.74) is 1.42. The molecule has 0 saturated heterocycles. The van der Waals surface area contributed by atoms with Crippen LogP contribution in [0.15, 0.2) is 0 Å². The van der Waals surface area contributed by atoms with Crippen LogP contribution in [0.2, 0.25) is 0 Å². The van der Waals surface area contributed by atoms with E-state index in [9.17, 15) is 0 Å². The number of thiazole rings is 1. The van der Waals surface area contributed by atoms with E-state index in [0.29, 0.717) is 0 Å². The normalized spacial score (nSPS) is 20.3. The lowest BCUT2D eigenvalue weighted by molar-refractivity contribution is 0.726. The third-order valence-electron chi connectivity index (χ3n) is 4.02. The number of hydrogen-bond acceptors (Lipinski definition) is 4. The Bertz CT molecular complexity index is 406. The molecule has 0 radical (unpaired) electrons. The molecule has 4 heteroatoms. The second-order valence-corrected chi connectivity index (χ2v) is 8.14. The highest BCUT2D eigenvalue weighted by molar-refractivity contribution is 7.99. The summed E-state index contributed by atoms with van der Waals surface area (Å²) in [5, 5.41) is 5.74. The fourth-order valence-electron chi connectivity index (χ4n) is 2.76. The van der Waals surface area contributed by atoms with Crippen molar-refractivity contribution in [2.24, 2.45) is 0 Å². The zero-order valence-corrected chi connectivity index (χ0v) is 13.4. The Hall–Kier alpha value is -0.0600. The molecule has 0 amide bonds. The zero-order chi connectivity index (χ0) is 13.1. The predicted octanol–water partition coefficient (Wildman–Crippen LogP) is 4.31. The minimum absolute atomic E-state index is 0.787. The van der Waals surface area contributed by atoms with Crippen molar-refractivity contribution in [1.29, 1.82) is 0 Å². The molecule has 3 rings (SSSR count). The largest absolute Gasteiger partial charge is 0.312 e. The summed E-state index contributed by atoms with van der Waals surface area (Å²) in [6.45, 7) is 4.25. The number of nitrogens with one attached hydrogen (secondary N) is 1. The smallest absolute Gasteiger partial charge is 0.103 e. The van der Waals surface area contributed by atoms with Gasteiger partial charge in [-0.2, -0.15) is 11.8 Å². The minimum atomic E-state index is 0.787. The molecule has 2 aliphatic carbocycles. The fraction of sp³-hybridized carbons (Fsp3) is 0.800. The quantitative estimate of drug-likeness (QED) is 0.812. The van der Waals surface area contributed by atoms with E-state index in [1.807, 2.05) is 11.3 Å². The van der Waals surface area contributed by atoms with Crippen LogP contribution < -0.4 is 5.32 Å². The highest BCUT2D eigenvalue weighted by Gasteiger charge is 2.29. The number of thioether (sulfide) groups is 1. The van der Waals surface area contributed by atoms with E-state index < -0.39 is 0 Å². The van der Waals surface area contributed by atoms with Crippen molar-refractivity contribution >= 4 is 23.1 Å². The molecule has 1 heterocycles. The van der Waals surface area contributed by atoms with Crippen molar-refractivity contribution in [3.63, 3.8) is 0 Å². The lowest BCUT2D eigenvalue weighted by Gasteiger charge is -2.05. The van der Waals surface area contributed by atoms with Gasteiger partial charge in [0.2, 0.25) is 0 Å². The van der Waals surface area contributed by atoms with Gasteiger partial charge in [-0.05, 0) is 32.2 Å². The number of hydrogen-bond donors (Lipinski definition) is 1. The van der Waals surface area contributed by atoms with E-state index in [2.05, 4.69) is 24.0 Å². The van der Waals surface area contributed by atoms with Gasteiger partial charge in [0.15, 0.2) is 0 Å². The van der Waals surface area contributed by atoms with Gasteiger partial charge in [-0.1, -0.05) is 19.8 Å². The Morgan fingerprint density at radius 1 is 1.26 bits per heavy atom. The van der Waals surface area contributed by atoms with Crippen LogP contribution in [0.4, 0.5) is 0 Å². The summed E-state index contributed by atoms with van der Waals surface area (Å²) < 4.78 is 0. The maximum atomic E-state index is 4.94. The second-order valence-electron chi connectivity index (χ2n) is 5.69. The highest BCUT2D eigenvalue weighted by atomic mass is 32.2. The molecule has 0 unspecified atom stereocenters. The first kappa shape index (κ1) is 13.9. The molecular weight excluding hydrogens is 272 g/mol. The highest BCUT2D eigenvalue weighted by Crippen LogP contribution is 2.43. The molecule has 0 spiro atoms. The first-order valence-electron chi connectivity index (χ1n) is 7.67.